The van der Waals surface area contributed by atoms with E-state index in [1.165, 1.54) is 19.1 Å². The maximum atomic E-state index is 12.5. The van der Waals surface area contributed by atoms with Gasteiger partial charge in [-0.25, -0.2) is 8.42 Å². The molecule has 2 atom stereocenters. The number of carbonyl (C=O) groups is 1. The lowest BCUT2D eigenvalue weighted by Gasteiger charge is -2.14. The highest BCUT2D eigenvalue weighted by Crippen LogP contribution is 2.53. The highest BCUT2D eigenvalue weighted by Gasteiger charge is 2.66. The van der Waals surface area contributed by atoms with Gasteiger partial charge < -0.3 is 0 Å². The third kappa shape index (κ3) is 1.55. The number of sulfone groups is 1. The van der Waals surface area contributed by atoms with Crippen molar-refractivity contribution in [1.29, 1.82) is 0 Å². The van der Waals surface area contributed by atoms with Gasteiger partial charge in [-0.1, -0.05) is 24.3 Å². The lowest BCUT2D eigenvalue weighted by atomic mass is 10.2. The number of allylic oxidation sites excluding steroid dienone is 1. The summed E-state index contributed by atoms with van der Waals surface area (Å²) in [6.45, 7) is 4.93. The molecule has 0 amide bonds. The van der Waals surface area contributed by atoms with Gasteiger partial charge in [0.1, 0.15) is 4.75 Å². The minimum absolute atomic E-state index is 0.208. The fraction of sp³-hybridized carbons (Fsp3) is 0.308. The van der Waals surface area contributed by atoms with E-state index in [1.807, 2.05) is 0 Å². The van der Waals surface area contributed by atoms with Crippen LogP contribution in [0, 0.1) is 5.92 Å². The molecule has 2 rings (SSSR count). The Kier molecular flexibility index (Phi) is 2.70. The fourth-order valence-electron chi connectivity index (χ4n) is 2.25. The van der Waals surface area contributed by atoms with E-state index < -0.39 is 14.6 Å². The number of benzene rings is 1. The average molecular weight is 250 g/mol. The number of Topliss-reactive ketones (excluding diaryl/α,β-unsaturated/α-hetero) is 1. The first-order valence-electron chi connectivity index (χ1n) is 5.40. The van der Waals surface area contributed by atoms with Gasteiger partial charge in [0.25, 0.3) is 0 Å². The van der Waals surface area contributed by atoms with Crippen LogP contribution in [0.4, 0.5) is 0 Å². The summed E-state index contributed by atoms with van der Waals surface area (Å²) in [5, 5.41) is 0. The molecule has 1 aliphatic carbocycles. The van der Waals surface area contributed by atoms with Crippen LogP contribution in [0.3, 0.4) is 0 Å². The van der Waals surface area contributed by atoms with Gasteiger partial charge in [0, 0.05) is 5.92 Å². The van der Waals surface area contributed by atoms with Crippen molar-refractivity contribution in [3.8, 4) is 0 Å². The van der Waals surface area contributed by atoms with Crippen LogP contribution in [0.1, 0.15) is 13.3 Å². The van der Waals surface area contributed by atoms with Gasteiger partial charge in [-0.3, -0.25) is 4.79 Å². The standard InChI is InChI=1S/C13H14O3S/c1-3-11-9-13(11,10(2)14)17(15,16)12-7-5-4-6-8-12/h3-8,11H,1,9H2,2H3. The third-order valence-electron chi connectivity index (χ3n) is 3.38. The molecule has 90 valence electrons. The number of hydrogen-bond acceptors (Lipinski definition) is 3. The summed E-state index contributed by atoms with van der Waals surface area (Å²) in [7, 11) is -3.61. The number of hydrogen-bond donors (Lipinski definition) is 0. The molecule has 0 aliphatic heterocycles. The largest absolute Gasteiger partial charge is 0.298 e. The van der Waals surface area contributed by atoms with Gasteiger partial charge in [-0.05, 0) is 25.5 Å². The second kappa shape index (κ2) is 3.81. The Hall–Kier alpha value is -1.42. The molecule has 3 nitrogen and oxygen atoms in total. The van der Waals surface area contributed by atoms with E-state index in [4.69, 9.17) is 0 Å². The average Bonchev–Trinajstić information content (AvgIpc) is 3.06. The minimum Gasteiger partial charge on any atom is -0.298 e. The summed E-state index contributed by atoms with van der Waals surface area (Å²) in [4.78, 5) is 11.9. The molecule has 1 aliphatic rings. The minimum atomic E-state index is -3.61. The summed E-state index contributed by atoms with van der Waals surface area (Å²) in [6, 6.07) is 8.12. The summed E-state index contributed by atoms with van der Waals surface area (Å²) in [5.74, 6) is -0.559. The van der Waals surface area contributed by atoms with E-state index in [0.717, 1.165) is 0 Å². The second-order valence-electron chi connectivity index (χ2n) is 4.31. The van der Waals surface area contributed by atoms with E-state index in [0.29, 0.717) is 6.42 Å². The molecule has 4 heteroatoms. The van der Waals surface area contributed by atoms with Gasteiger partial charge in [0.2, 0.25) is 0 Å². The van der Waals surface area contributed by atoms with Crippen LogP contribution in [0.5, 0.6) is 0 Å². The van der Waals surface area contributed by atoms with Gasteiger partial charge in [-0.15, -0.1) is 6.58 Å². The van der Waals surface area contributed by atoms with Crippen molar-refractivity contribution >= 4 is 15.6 Å². The quantitative estimate of drug-likeness (QED) is 0.768. The van der Waals surface area contributed by atoms with Gasteiger partial charge in [0.05, 0.1) is 4.90 Å². The number of rotatable bonds is 4. The van der Waals surface area contributed by atoms with Crippen LogP contribution in [0.15, 0.2) is 47.9 Å². The van der Waals surface area contributed by atoms with Crippen molar-refractivity contribution < 1.29 is 13.2 Å². The predicted octanol–water partition coefficient (Wildman–Crippen LogP) is 1.99. The zero-order chi connectivity index (χ0) is 12.7. The van der Waals surface area contributed by atoms with Crippen molar-refractivity contribution in [2.24, 2.45) is 5.92 Å². The molecule has 1 aromatic rings. The molecule has 0 saturated heterocycles. The molecule has 17 heavy (non-hydrogen) atoms. The van der Waals surface area contributed by atoms with E-state index >= 15 is 0 Å². The molecule has 1 fully saturated rings. The Labute approximate surface area is 101 Å². The van der Waals surface area contributed by atoms with Crippen LogP contribution in [-0.2, 0) is 14.6 Å². The Morgan fingerprint density at radius 1 is 1.41 bits per heavy atom. The van der Waals surface area contributed by atoms with Crippen molar-refractivity contribution in [1.82, 2.24) is 0 Å². The van der Waals surface area contributed by atoms with Crippen LogP contribution < -0.4 is 0 Å². The maximum absolute atomic E-state index is 12.5. The highest BCUT2D eigenvalue weighted by atomic mass is 32.2. The molecule has 1 aromatic carbocycles. The zero-order valence-electron chi connectivity index (χ0n) is 9.59. The summed E-state index contributed by atoms with van der Waals surface area (Å²) in [6.07, 6.45) is 1.91. The smallest absolute Gasteiger partial charge is 0.191 e. The molecule has 0 spiro atoms. The Bertz CT molecular complexity index is 560. The third-order valence-corrected chi connectivity index (χ3v) is 5.98. The normalized spacial score (nSPS) is 27.5. The Morgan fingerprint density at radius 2 is 2.00 bits per heavy atom. The van der Waals surface area contributed by atoms with Crippen molar-refractivity contribution in [2.75, 3.05) is 0 Å². The summed E-state index contributed by atoms with van der Waals surface area (Å²) in [5.41, 5.74) is 0. The van der Waals surface area contributed by atoms with E-state index in [9.17, 15) is 13.2 Å². The molecule has 0 aromatic heterocycles. The molecule has 2 unspecified atom stereocenters. The number of carbonyl (C=O) groups excluding carboxylic acids is 1. The van der Waals surface area contributed by atoms with Crippen molar-refractivity contribution in [3.05, 3.63) is 43.0 Å². The van der Waals surface area contributed by atoms with E-state index in [2.05, 4.69) is 6.58 Å². The first kappa shape index (κ1) is 12.0. The molecule has 1 saturated carbocycles. The van der Waals surface area contributed by atoms with Gasteiger partial charge >= 0.3 is 0 Å². The lowest BCUT2D eigenvalue weighted by molar-refractivity contribution is -0.117. The zero-order valence-corrected chi connectivity index (χ0v) is 10.4. The van der Waals surface area contributed by atoms with Crippen LogP contribution in [0.25, 0.3) is 0 Å². The molecular weight excluding hydrogens is 236 g/mol. The molecule has 0 radical (unpaired) electrons. The Morgan fingerprint density at radius 3 is 2.41 bits per heavy atom. The first-order valence-corrected chi connectivity index (χ1v) is 6.88. The summed E-state index contributed by atoms with van der Waals surface area (Å²) >= 11 is 0. The molecular formula is C13H14O3S. The van der Waals surface area contributed by atoms with Crippen LogP contribution >= 0.6 is 0 Å². The topological polar surface area (TPSA) is 51.2 Å². The SMILES string of the molecule is C=CC1CC1(C(C)=O)S(=O)(=O)c1ccccc1. The van der Waals surface area contributed by atoms with E-state index in [1.54, 1.807) is 24.3 Å². The second-order valence-corrected chi connectivity index (χ2v) is 6.52. The van der Waals surface area contributed by atoms with E-state index in [-0.39, 0.29) is 16.6 Å². The summed E-state index contributed by atoms with van der Waals surface area (Å²) < 4.78 is 23.6. The van der Waals surface area contributed by atoms with Gasteiger partial charge in [0.15, 0.2) is 15.6 Å². The highest BCUT2D eigenvalue weighted by molar-refractivity contribution is 7.94. The lowest BCUT2D eigenvalue weighted by Crippen LogP contribution is -2.33. The van der Waals surface area contributed by atoms with Crippen molar-refractivity contribution in [2.45, 2.75) is 23.0 Å². The predicted molar refractivity (Wildman–Crippen MR) is 65.3 cm³/mol. The number of ketones is 1. The molecule has 0 N–H and O–H groups in total. The molecule has 0 heterocycles. The fourth-order valence-corrected chi connectivity index (χ4v) is 4.46. The first-order chi connectivity index (χ1) is 7.96. The van der Waals surface area contributed by atoms with Crippen LogP contribution in [0.2, 0.25) is 0 Å². The maximum Gasteiger partial charge on any atom is 0.191 e. The molecule has 0 bridgehead atoms. The van der Waals surface area contributed by atoms with Crippen molar-refractivity contribution in [3.63, 3.8) is 0 Å². The van der Waals surface area contributed by atoms with Crippen LogP contribution in [-0.4, -0.2) is 18.9 Å². The Balaban J connectivity index is 2.54. The monoisotopic (exact) mass is 250 g/mol. The van der Waals surface area contributed by atoms with Gasteiger partial charge in [-0.2, -0.15) is 0 Å².